The molecule has 1 unspecified atom stereocenters. The molecule has 0 radical (unpaired) electrons. The van der Waals surface area contributed by atoms with E-state index in [-0.39, 0.29) is 37.8 Å². The Hall–Kier alpha value is -2.00. The lowest BCUT2D eigenvalue weighted by atomic mass is 10.1. The zero-order valence-electron chi connectivity index (χ0n) is 14.2. The van der Waals surface area contributed by atoms with Gasteiger partial charge in [-0.3, -0.25) is 19.3 Å². The third-order valence-corrected chi connectivity index (χ3v) is 3.68. The minimum Gasteiger partial charge on any atom is -0.354 e. The van der Waals surface area contributed by atoms with E-state index in [4.69, 9.17) is 10.6 Å². The lowest BCUT2D eigenvalue weighted by molar-refractivity contribution is -0.197. The fraction of sp³-hybridized carbons (Fsp3) is 0.733. The van der Waals surface area contributed by atoms with Crippen LogP contribution in [0.5, 0.6) is 0 Å². The van der Waals surface area contributed by atoms with Crippen molar-refractivity contribution in [2.45, 2.75) is 44.6 Å². The van der Waals surface area contributed by atoms with Crippen LogP contribution in [0.4, 0.5) is 0 Å². The van der Waals surface area contributed by atoms with Crippen LogP contribution >= 0.6 is 0 Å². The zero-order chi connectivity index (χ0) is 18.1. The number of carbonyl (C=O) groups is 4. The molecule has 0 bridgehead atoms. The number of likely N-dealkylation sites (N-methyl/N-ethyl adjacent to an activating group) is 1. The Morgan fingerprint density at radius 3 is 2.42 bits per heavy atom. The molecule has 9 nitrogen and oxygen atoms in total. The number of rotatable bonds is 10. The molecule has 0 aromatic carbocycles. The standard InChI is InChI=1S/C15H26N4O5/c1-18(2)11(5-3-4-9-16)15(23)17-10-8-14(22)24-19-12(20)6-7-13(19)21/h11H,3-10,16H2,1-2H3,(H,17,23)/i9+1,16+1. The van der Waals surface area contributed by atoms with Gasteiger partial charge in [-0.2, -0.15) is 0 Å². The summed E-state index contributed by atoms with van der Waals surface area (Å²) in [5.41, 5.74) is 5.45. The largest absolute Gasteiger partial charge is 0.354 e. The first-order valence-electron chi connectivity index (χ1n) is 8.07. The predicted octanol–water partition coefficient (Wildman–Crippen LogP) is -0.841. The first-order valence-corrected chi connectivity index (χ1v) is 8.07. The Bertz CT molecular complexity index is 464. The molecule has 1 fully saturated rings. The van der Waals surface area contributed by atoms with Crippen LogP contribution in [0.3, 0.4) is 0 Å². The Kier molecular flexibility index (Phi) is 8.34. The summed E-state index contributed by atoms with van der Waals surface area (Å²) in [6, 6.07) is -0.297. The molecule has 24 heavy (non-hydrogen) atoms. The second-order valence-corrected chi connectivity index (χ2v) is 5.85. The Morgan fingerprint density at radius 2 is 1.88 bits per heavy atom. The van der Waals surface area contributed by atoms with Gasteiger partial charge in [0.25, 0.3) is 11.8 Å². The molecule has 1 rings (SSSR count). The van der Waals surface area contributed by atoms with E-state index in [2.05, 4.69) is 5.32 Å². The highest BCUT2D eigenvalue weighted by Crippen LogP contribution is 2.12. The maximum atomic E-state index is 12.2. The summed E-state index contributed by atoms with van der Waals surface area (Å²) in [5, 5.41) is 3.17. The molecule has 3 amide bonds. The van der Waals surface area contributed by atoms with Gasteiger partial charge in [0.2, 0.25) is 5.91 Å². The van der Waals surface area contributed by atoms with E-state index in [1.807, 2.05) is 19.0 Å². The number of hydroxylamine groups is 2. The number of hydrogen-bond donors (Lipinski definition) is 2. The van der Waals surface area contributed by atoms with Gasteiger partial charge in [-0.05, 0) is 33.5 Å². The minimum atomic E-state index is -0.733. The van der Waals surface area contributed by atoms with E-state index in [1.165, 1.54) is 0 Å². The molecule has 9 heteroatoms. The molecule has 1 aliphatic rings. The van der Waals surface area contributed by atoms with Crippen LogP contribution < -0.4 is 11.1 Å². The van der Waals surface area contributed by atoms with Gasteiger partial charge in [-0.15, -0.1) is 5.06 Å². The number of hydrogen-bond acceptors (Lipinski definition) is 7. The van der Waals surface area contributed by atoms with Crippen LogP contribution in [0, 0.1) is 0 Å². The van der Waals surface area contributed by atoms with E-state index in [0.717, 1.165) is 12.8 Å². The summed E-state index contributed by atoms with van der Waals surface area (Å²) in [7, 11) is 3.62. The number of unbranched alkanes of at least 4 members (excludes halogenated alkanes) is 1. The molecule has 1 saturated heterocycles. The van der Waals surface area contributed by atoms with Crippen LogP contribution in [-0.4, -0.2) is 66.9 Å². The van der Waals surface area contributed by atoms with Crippen molar-refractivity contribution in [2.75, 3.05) is 27.2 Å². The smallest absolute Gasteiger partial charge is 0.334 e. The van der Waals surface area contributed by atoms with E-state index in [9.17, 15) is 19.2 Å². The maximum Gasteiger partial charge on any atom is 0.334 e. The van der Waals surface area contributed by atoms with Crippen molar-refractivity contribution >= 4 is 23.7 Å². The van der Waals surface area contributed by atoms with Crippen LogP contribution in [0.25, 0.3) is 0 Å². The van der Waals surface area contributed by atoms with Crippen molar-refractivity contribution in [3.8, 4) is 0 Å². The van der Waals surface area contributed by atoms with Crippen molar-refractivity contribution in [1.82, 2.24) is 15.3 Å². The quantitative estimate of drug-likeness (QED) is 0.229. The molecule has 0 aromatic rings. The molecule has 0 aliphatic carbocycles. The van der Waals surface area contributed by atoms with Gasteiger partial charge in [0.1, 0.15) is 0 Å². The second-order valence-electron chi connectivity index (χ2n) is 5.85. The van der Waals surface area contributed by atoms with Crippen molar-refractivity contribution < 1.29 is 24.0 Å². The average Bonchev–Trinajstić information content (AvgIpc) is 2.83. The van der Waals surface area contributed by atoms with Gasteiger partial charge in [0.05, 0.1) is 12.5 Å². The summed E-state index contributed by atoms with van der Waals surface area (Å²) in [4.78, 5) is 53.0. The maximum absolute atomic E-state index is 12.2. The molecule has 3 N–H and O–H groups in total. The number of carbonyl (C=O) groups excluding carboxylic acids is 4. The molecule has 136 valence electrons. The van der Waals surface area contributed by atoms with Crippen molar-refractivity contribution in [2.24, 2.45) is 5.73 Å². The van der Waals surface area contributed by atoms with Gasteiger partial charge < -0.3 is 15.9 Å². The Balaban J connectivity index is 2.33. The molecule has 0 saturated carbocycles. The summed E-state index contributed by atoms with van der Waals surface area (Å²) >= 11 is 0. The summed E-state index contributed by atoms with van der Waals surface area (Å²) in [6.07, 6.45) is 2.35. The van der Waals surface area contributed by atoms with Gasteiger partial charge in [-0.25, -0.2) is 4.79 Å². The monoisotopic (exact) mass is 344 g/mol. The molecular formula is C15H26N4O5. The predicted molar refractivity (Wildman–Crippen MR) is 85.2 cm³/mol. The topological polar surface area (TPSA) is 122 Å². The zero-order valence-corrected chi connectivity index (χ0v) is 14.2. The van der Waals surface area contributed by atoms with Gasteiger partial charge in [-0.1, -0.05) is 6.42 Å². The molecule has 1 aliphatic heterocycles. The fourth-order valence-electron chi connectivity index (χ4n) is 2.32. The lowest BCUT2D eigenvalue weighted by Gasteiger charge is -2.23. The highest BCUT2D eigenvalue weighted by atomic mass is 16.7. The molecule has 1 heterocycles. The van der Waals surface area contributed by atoms with Crippen LogP contribution in [-0.2, 0) is 24.0 Å². The summed E-state index contributed by atoms with van der Waals surface area (Å²) < 4.78 is 0. The van der Waals surface area contributed by atoms with Gasteiger partial charge in [0, 0.05) is 19.4 Å². The Morgan fingerprint density at radius 1 is 1.25 bits per heavy atom. The lowest BCUT2D eigenvalue weighted by Crippen LogP contribution is -2.44. The van der Waals surface area contributed by atoms with E-state index in [1.54, 1.807) is 0 Å². The number of nitrogens with two attached hydrogens (primary N) is 1. The molecule has 0 spiro atoms. The molecule has 0 aromatic heterocycles. The summed E-state index contributed by atoms with van der Waals surface area (Å²) in [5.74, 6) is -1.96. The number of imide groups is 1. The highest BCUT2D eigenvalue weighted by Gasteiger charge is 2.32. The van der Waals surface area contributed by atoms with Gasteiger partial charge in [0.15, 0.2) is 0 Å². The second kappa shape index (κ2) is 9.99. The van der Waals surface area contributed by atoms with Crippen molar-refractivity contribution in [1.29, 1.82) is 0 Å². The van der Waals surface area contributed by atoms with Crippen molar-refractivity contribution in [3.63, 3.8) is 0 Å². The van der Waals surface area contributed by atoms with Crippen LogP contribution in [0.1, 0.15) is 38.5 Å². The molecule has 1 atom stereocenters. The highest BCUT2D eigenvalue weighted by molar-refractivity contribution is 6.01. The minimum absolute atomic E-state index is 0.0517. The number of nitrogens with one attached hydrogen (secondary N) is 1. The third-order valence-electron chi connectivity index (χ3n) is 3.68. The van der Waals surface area contributed by atoms with E-state index >= 15 is 0 Å². The first kappa shape index (κ1) is 20.0. The van der Waals surface area contributed by atoms with E-state index < -0.39 is 17.8 Å². The summed E-state index contributed by atoms with van der Waals surface area (Å²) in [6.45, 7) is 0.663. The number of amides is 3. The van der Waals surface area contributed by atoms with Crippen LogP contribution in [0.15, 0.2) is 0 Å². The number of nitrogens with zero attached hydrogens (tertiary/aromatic N) is 2. The fourth-order valence-corrected chi connectivity index (χ4v) is 2.32. The normalized spacial score (nSPS) is 15.8. The molecular weight excluding hydrogens is 318 g/mol. The van der Waals surface area contributed by atoms with Crippen LogP contribution in [0.2, 0.25) is 0 Å². The third kappa shape index (κ3) is 6.25. The average molecular weight is 344 g/mol. The SMILES string of the molecule is CN(C)C(CCC[13CH2][15NH2])C(=O)NCCC(=O)ON1C(=O)CCC1=O. The van der Waals surface area contributed by atoms with Crippen molar-refractivity contribution in [3.05, 3.63) is 0 Å². The van der Waals surface area contributed by atoms with Gasteiger partial charge >= 0.3 is 5.97 Å². The first-order chi connectivity index (χ1) is 11.4. The van der Waals surface area contributed by atoms with E-state index in [0.29, 0.717) is 18.0 Å². The Labute approximate surface area is 141 Å².